The lowest BCUT2D eigenvalue weighted by molar-refractivity contribution is 0.303. The van der Waals surface area contributed by atoms with Crippen molar-refractivity contribution in [3.8, 4) is 5.75 Å². The van der Waals surface area contributed by atoms with Crippen molar-refractivity contribution in [3.05, 3.63) is 96.1 Å². The van der Waals surface area contributed by atoms with Crippen LogP contribution in [0, 0.1) is 0 Å². The molecular formula is C20H19NO3S. The molecule has 3 aromatic carbocycles. The van der Waals surface area contributed by atoms with E-state index in [-0.39, 0.29) is 10.8 Å². The fourth-order valence-corrected chi connectivity index (χ4v) is 3.18. The first kappa shape index (κ1) is 17.2. The molecule has 5 heteroatoms. The van der Waals surface area contributed by atoms with Crippen molar-refractivity contribution < 1.29 is 13.2 Å². The number of rotatable bonds is 6. The van der Waals surface area contributed by atoms with Crippen molar-refractivity contribution in [1.29, 1.82) is 0 Å². The average molecular weight is 353 g/mol. The monoisotopic (exact) mass is 353 g/mol. The lowest BCUT2D eigenvalue weighted by Gasteiger charge is -2.19. The highest BCUT2D eigenvalue weighted by Gasteiger charge is 2.15. The summed E-state index contributed by atoms with van der Waals surface area (Å²) < 4.78 is 28.5. The Labute approximate surface area is 147 Å². The quantitative estimate of drug-likeness (QED) is 0.737. The Morgan fingerprint density at radius 1 is 0.760 bits per heavy atom. The number of primary sulfonamides is 1. The zero-order chi connectivity index (χ0) is 17.7. The first-order valence-corrected chi connectivity index (χ1v) is 9.44. The number of sulfonamides is 1. The molecule has 0 aliphatic rings. The molecule has 0 amide bonds. The topological polar surface area (TPSA) is 69.4 Å². The van der Waals surface area contributed by atoms with Gasteiger partial charge in [-0.15, -0.1) is 0 Å². The zero-order valence-electron chi connectivity index (χ0n) is 13.6. The molecule has 25 heavy (non-hydrogen) atoms. The molecule has 0 bridgehead atoms. The maximum atomic E-state index is 11.3. The Hall–Kier alpha value is -2.63. The second-order valence-electron chi connectivity index (χ2n) is 5.70. The molecular weight excluding hydrogens is 334 g/mol. The van der Waals surface area contributed by atoms with Crippen molar-refractivity contribution in [2.45, 2.75) is 10.8 Å². The zero-order valence-corrected chi connectivity index (χ0v) is 14.4. The standard InChI is InChI=1S/C20H19NO3S/c21-25(22,23)19-13-11-18(12-14-19)24-15-20(16-7-3-1-4-8-16)17-9-5-2-6-10-17/h1-14,20H,15H2,(H2,21,22,23). The summed E-state index contributed by atoms with van der Waals surface area (Å²) in [7, 11) is -3.69. The summed E-state index contributed by atoms with van der Waals surface area (Å²) in [5, 5.41) is 5.11. The fraction of sp³-hybridized carbons (Fsp3) is 0.100. The smallest absolute Gasteiger partial charge is 0.238 e. The van der Waals surface area contributed by atoms with Crippen molar-refractivity contribution in [3.63, 3.8) is 0 Å². The first-order chi connectivity index (χ1) is 12.0. The molecule has 0 spiro atoms. The number of hydrogen-bond donors (Lipinski definition) is 1. The number of nitrogens with two attached hydrogens (primary N) is 1. The van der Waals surface area contributed by atoms with Gasteiger partial charge in [-0.05, 0) is 35.4 Å². The van der Waals surface area contributed by atoms with Crippen LogP contribution in [0.5, 0.6) is 5.75 Å². The minimum absolute atomic E-state index is 0.0718. The van der Waals surface area contributed by atoms with Crippen LogP contribution in [-0.4, -0.2) is 15.0 Å². The van der Waals surface area contributed by atoms with E-state index in [1.165, 1.54) is 12.1 Å². The van der Waals surface area contributed by atoms with Crippen LogP contribution >= 0.6 is 0 Å². The van der Waals surface area contributed by atoms with Gasteiger partial charge in [0.15, 0.2) is 0 Å². The third-order valence-corrected chi connectivity index (χ3v) is 4.90. The van der Waals surface area contributed by atoms with Crippen molar-refractivity contribution in [1.82, 2.24) is 0 Å². The molecule has 2 N–H and O–H groups in total. The van der Waals surface area contributed by atoms with E-state index in [1.807, 2.05) is 36.4 Å². The highest BCUT2D eigenvalue weighted by atomic mass is 32.2. The van der Waals surface area contributed by atoms with Crippen LogP contribution < -0.4 is 9.88 Å². The van der Waals surface area contributed by atoms with E-state index >= 15 is 0 Å². The predicted octanol–water partition coefficient (Wildman–Crippen LogP) is 3.54. The molecule has 3 aromatic rings. The van der Waals surface area contributed by atoms with E-state index in [1.54, 1.807) is 12.1 Å². The van der Waals surface area contributed by atoms with Crippen molar-refractivity contribution >= 4 is 10.0 Å². The third kappa shape index (κ3) is 4.47. The van der Waals surface area contributed by atoms with E-state index in [2.05, 4.69) is 24.3 Å². The predicted molar refractivity (Wildman–Crippen MR) is 98.0 cm³/mol. The Morgan fingerprint density at radius 2 is 1.24 bits per heavy atom. The van der Waals surface area contributed by atoms with Gasteiger partial charge in [0.25, 0.3) is 0 Å². The first-order valence-electron chi connectivity index (χ1n) is 7.89. The molecule has 0 saturated heterocycles. The second-order valence-corrected chi connectivity index (χ2v) is 7.26. The summed E-state index contributed by atoms with van der Waals surface area (Å²) in [4.78, 5) is 0.0718. The van der Waals surface area contributed by atoms with Gasteiger partial charge >= 0.3 is 0 Å². The molecule has 0 unspecified atom stereocenters. The molecule has 4 nitrogen and oxygen atoms in total. The summed E-state index contributed by atoms with van der Waals surface area (Å²) in [6, 6.07) is 26.4. The van der Waals surface area contributed by atoms with Crippen LogP contribution in [0.1, 0.15) is 17.0 Å². The molecule has 0 heterocycles. The Bertz CT molecular complexity index is 869. The van der Waals surface area contributed by atoms with Gasteiger partial charge in [0.05, 0.1) is 11.5 Å². The van der Waals surface area contributed by atoms with Crippen LogP contribution in [0.25, 0.3) is 0 Å². The lowest BCUT2D eigenvalue weighted by atomic mass is 9.92. The molecule has 0 aliphatic heterocycles. The maximum Gasteiger partial charge on any atom is 0.238 e. The van der Waals surface area contributed by atoms with Crippen LogP contribution in [0.3, 0.4) is 0 Å². The summed E-state index contributed by atoms with van der Waals surface area (Å²) in [5.74, 6) is 0.685. The average Bonchev–Trinajstić information content (AvgIpc) is 2.63. The summed E-state index contributed by atoms with van der Waals surface area (Å²) >= 11 is 0. The molecule has 3 rings (SSSR count). The van der Waals surface area contributed by atoms with Gasteiger partial charge in [-0.3, -0.25) is 0 Å². The van der Waals surface area contributed by atoms with E-state index < -0.39 is 10.0 Å². The van der Waals surface area contributed by atoms with Gasteiger partial charge in [-0.2, -0.15) is 0 Å². The van der Waals surface area contributed by atoms with E-state index in [4.69, 9.17) is 9.88 Å². The van der Waals surface area contributed by atoms with Gasteiger partial charge in [0.2, 0.25) is 10.0 Å². The molecule has 0 aromatic heterocycles. The molecule has 0 saturated carbocycles. The maximum absolute atomic E-state index is 11.3. The van der Waals surface area contributed by atoms with Crippen LogP contribution in [0.4, 0.5) is 0 Å². The highest BCUT2D eigenvalue weighted by molar-refractivity contribution is 7.89. The third-order valence-electron chi connectivity index (χ3n) is 3.97. The van der Waals surface area contributed by atoms with Crippen molar-refractivity contribution in [2.24, 2.45) is 5.14 Å². The molecule has 0 fully saturated rings. The number of ether oxygens (including phenoxy) is 1. The van der Waals surface area contributed by atoms with E-state index in [9.17, 15) is 8.42 Å². The van der Waals surface area contributed by atoms with Gasteiger partial charge in [-0.1, -0.05) is 60.7 Å². The molecule has 0 aliphatic carbocycles. The fourth-order valence-electron chi connectivity index (χ4n) is 2.66. The second kappa shape index (κ2) is 7.51. The number of benzene rings is 3. The van der Waals surface area contributed by atoms with Gasteiger partial charge in [-0.25, -0.2) is 13.6 Å². The molecule has 128 valence electrons. The highest BCUT2D eigenvalue weighted by Crippen LogP contribution is 2.26. The normalized spacial score (nSPS) is 11.4. The van der Waals surface area contributed by atoms with Crippen LogP contribution in [-0.2, 0) is 10.0 Å². The minimum atomic E-state index is -3.69. The minimum Gasteiger partial charge on any atom is -0.493 e. The van der Waals surface area contributed by atoms with Gasteiger partial charge < -0.3 is 4.74 Å². The van der Waals surface area contributed by atoms with Gasteiger partial charge in [0.1, 0.15) is 5.75 Å². The summed E-state index contributed by atoms with van der Waals surface area (Å²) in [6.07, 6.45) is 0. The van der Waals surface area contributed by atoms with Crippen molar-refractivity contribution in [2.75, 3.05) is 6.61 Å². The largest absolute Gasteiger partial charge is 0.493 e. The molecule has 0 radical (unpaired) electrons. The lowest BCUT2D eigenvalue weighted by Crippen LogP contribution is -2.13. The summed E-state index contributed by atoms with van der Waals surface area (Å²) in [6.45, 7) is 0.447. The van der Waals surface area contributed by atoms with E-state index in [0.717, 1.165) is 11.1 Å². The summed E-state index contributed by atoms with van der Waals surface area (Å²) in [5.41, 5.74) is 2.32. The van der Waals surface area contributed by atoms with Crippen LogP contribution in [0.2, 0.25) is 0 Å². The Kier molecular flexibility index (Phi) is 5.16. The Balaban J connectivity index is 1.80. The van der Waals surface area contributed by atoms with E-state index in [0.29, 0.717) is 12.4 Å². The molecule has 0 atom stereocenters. The van der Waals surface area contributed by atoms with Crippen LogP contribution in [0.15, 0.2) is 89.8 Å². The van der Waals surface area contributed by atoms with Gasteiger partial charge in [0, 0.05) is 5.92 Å². The SMILES string of the molecule is NS(=O)(=O)c1ccc(OCC(c2ccccc2)c2ccccc2)cc1. The number of hydrogen-bond acceptors (Lipinski definition) is 3. The Morgan fingerprint density at radius 3 is 1.68 bits per heavy atom.